The first kappa shape index (κ1) is 21.2. The number of aliphatic hydroxyl groups is 1. The van der Waals surface area contributed by atoms with Crippen LogP contribution >= 0.6 is 0 Å². The van der Waals surface area contributed by atoms with Gasteiger partial charge in [-0.25, -0.2) is 0 Å². The largest absolute Gasteiger partial charge is 0.387 e. The van der Waals surface area contributed by atoms with Crippen LogP contribution in [-0.2, 0) is 13.0 Å². The third-order valence-electron chi connectivity index (χ3n) is 5.90. The molecule has 160 valence electrons. The Bertz CT molecular complexity index is 1010. The lowest BCUT2D eigenvalue weighted by atomic mass is 10.0. The zero-order valence-corrected chi connectivity index (χ0v) is 17.7. The first-order chi connectivity index (χ1) is 15.1. The van der Waals surface area contributed by atoms with Gasteiger partial charge in [0.05, 0.1) is 24.0 Å². The third kappa shape index (κ3) is 5.34. The lowest BCUT2D eigenvalue weighted by Gasteiger charge is -2.20. The first-order valence-electron chi connectivity index (χ1n) is 10.7. The number of nitrogens with zero attached hydrogens (tertiary/aromatic N) is 2. The van der Waals surface area contributed by atoms with Gasteiger partial charge in [-0.15, -0.1) is 0 Å². The van der Waals surface area contributed by atoms with E-state index in [-0.39, 0.29) is 11.9 Å². The van der Waals surface area contributed by atoms with Gasteiger partial charge < -0.3 is 15.7 Å². The topological polar surface area (TPSA) is 87.1 Å². The fourth-order valence-electron chi connectivity index (χ4n) is 4.10. The first-order valence-corrected chi connectivity index (χ1v) is 10.7. The number of aromatic nitrogens is 2. The molecule has 0 spiro atoms. The van der Waals surface area contributed by atoms with E-state index in [0.717, 1.165) is 36.2 Å². The highest BCUT2D eigenvalue weighted by atomic mass is 16.3. The van der Waals surface area contributed by atoms with Gasteiger partial charge in [0, 0.05) is 30.0 Å². The summed E-state index contributed by atoms with van der Waals surface area (Å²) >= 11 is 0. The van der Waals surface area contributed by atoms with Gasteiger partial charge in [-0.2, -0.15) is 0 Å². The smallest absolute Gasteiger partial charge is 0.251 e. The van der Waals surface area contributed by atoms with Crippen molar-refractivity contribution in [3.8, 4) is 0 Å². The van der Waals surface area contributed by atoms with Crippen LogP contribution in [0.5, 0.6) is 0 Å². The summed E-state index contributed by atoms with van der Waals surface area (Å²) in [5.41, 5.74) is 4.34. The van der Waals surface area contributed by atoms with Crippen LogP contribution in [0.4, 0.5) is 0 Å². The minimum absolute atomic E-state index is 0.0713. The van der Waals surface area contributed by atoms with E-state index < -0.39 is 6.10 Å². The number of benzene rings is 2. The van der Waals surface area contributed by atoms with E-state index in [0.29, 0.717) is 18.2 Å². The van der Waals surface area contributed by atoms with Crippen LogP contribution in [0, 0.1) is 6.92 Å². The van der Waals surface area contributed by atoms with Crippen LogP contribution in [0.15, 0.2) is 67.0 Å². The van der Waals surface area contributed by atoms with Crippen LogP contribution in [-0.4, -0.2) is 33.1 Å². The second-order valence-corrected chi connectivity index (χ2v) is 8.08. The van der Waals surface area contributed by atoms with E-state index >= 15 is 0 Å². The van der Waals surface area contributed by atoms with Gasteiger partial charge in [0.25, 0.3) is 5.91 Å². The number of aliphatic hydroxyl groups excluding tert-OH is 1. The lowest BCUT2D eigenvalue weighted by molar-refractivity contribution is 0.0950. The zero-order chi connectivity index (χ0) is 21.6. The van der Waals surface area contributed by atoms with E-state index in [1.165, 1.54) is 5.56 Å². The number of amides is 1. The molecule has 1 aliphatic rings. The van der Waals surface area contributed by atoms with Crippen molar-refractivity contribution >= 4 is 5.91 Å². The Kier molecular flexibility index (Phi) is 6.70. The summed E-state index contributed by atoms with van der Waals surface area (Å²) < 4.78 is 0. The predicted molar refractivity (Wildman–Crippen MR) is 119 cm³/mol. The van der Waals surface area contributed by atoms with Gasteiger partial charge in [-0.1, -0.05) is 42.5 Å². The summed E-state index contributed by atoms with van der Waals surface area (Å²) in [4.78, 5) is 20.9. The molecule has 31 heavy (non-hydrogen) atoms. The molecule has 3 atom stereocenters. The highest BCUT2D eigenvalue weighted by Gasteiger charge is 2.29. The molecule has 2 heterocycles. The van der Waals surface area contributed by atoms with E-state index in [2.05, 4.69) is 20.6 Å². The molecule has 4 rings (SSSR count). The van der Waals surface area contributed by atoms with Crippen molar-refractivity contribution in [2.75, 3.05) is 0 Å². The fraction of sp³-hybridized carbons (Fsp3) is 0.320. The van der Waals surface area contributed by atoms with Crippen molar-refractivity contribution in [1.82, 2.24) is 20.6 Å². The van der Waals surface area contributed by atoms with Crippen LogP contribution in [0.1, 0.15) is 51.8 Å². The molecule has 2 aromatic carbocycles. The normalized spacial score (nSPS) is 19.2. The summed E-state index contributed by atoms with van der Waals surface area (Å²) in [5, 5.41) is 17.1. The lowest BCUT2D eigenvalue weighted by Crippen LogP contribution is -2.35. The maximum Gasteiger partial charge on any atom is 0.251 e. The number of hydrogen-bond donors (Lipinski definition) is 3. The second kappa shape index (κ2) is 9.81. The SMILES string of the molecule is Cc1nccnc1CNC(=O)c1ccc(C[C@@H]2CC[C@H]([C@H](O)c3ccccc3)N2)cc1. The Morgan fingerprint density at radius 3 is 2.58 bits per heavy atom. The number of hydrogen-bond acceptors (Lipinski definition) is 5. The third-order valence-corrected chi connectivity index (χ3v) is 5.90. The molecule has 3 aromatic rings. The Labute approximate surface area is 182 Å². The molecule has 0 aliphatic carbocycles. The number of aryl methyl sites for hydroxylation is 1. The fourth-order valence-corrected chi connectivity index (χ4v) is 4.10. The molecule has 1 aromatic heterocycles. The number of rotatable bonds is 7. The summed E-state index contributed by atoms with van der Waals surface area (Å²) in [6.07, 6.45) is 5.62. The molecule has 0 radical (unpaired) electrons. The molecule has 1 fully saturated rings. The summed E-state index contributed by atoms with van der Waals surface area (Å²) in [7, 11) is 0. The van der Waals surface area contributed by atoms with Gasteiger partial charge in [-0.05, 0) is 49.4 Å². The maximum atomic E-state index is 12.4. The zero-order valence-electron chi connectivity index (χ0n) is 17.7. The molecule has 0 bridgehead atoms. The van der Waals surface area contributed by atoms with Crippen molar-refractivity contribution in [1.29, 1.82) is 0 Å². The quantitative estimate of drug-likeness (QED) is 0.551. The molecule has 0 unspecified atom stereocenters. The molecule has 6 heteroatoms. The summed E-state index contributed by atoms with van der Waals surface area (Å²) in [6, 6.07) is 17.9. The highest BCUT2D eigenvalue weighted by molar-refractivity contribution is 5.94. The molecular weight excluding hydrogens is 388 g/mol. The number of nitrogens with one attached hydrogen (secondary N) is 2. The Morgan fingerprint density at radius 2 is 1.84 bits per heavy atom. The average molecular weight is 417 g/mol. The van der Waals surface area contributed by atoms with Gasteiger partial charge in [-0.3, -0.25) is 14.8 Å². The van der Waals surface area contributed by atoms with Crippen LogP contribution in [0.25, 0.3) is 0 Å². The molecule has 1 saturated heterocycles. The summed E-state index contributed by atoms with van der Waals surface area (Å²) in [5.74, 6) is -0.123. The maximum absolute atomic E-state index is 12.4. The highest BCUT2D eigenvalue weighted by Crippen LogP contribution is 2.26. The average Bonchev–Trinajstić information content (AvgIpc) is 3.27. The van der Waals surface area contributed by atoms with E-state index in [9.17, 15) is 9.90 Å². The molecule has 3 N–H and O–H groups in total. The molecule has 1 amide bonds. The van der Waals surface area contributed by atoms with Crippen LogP contribution in [0.3, 0.4) is 0 Å². The minimum Gasteiger partial charge on any atom is -0.387 e. The molecule has 6 nitrogen and oxygen atoms in total. The Balaban J connectivity index is 1.29. The van der Waals surface area contributed by atoms with Gasteiger partial charge in [0.2, 0.25) is 0 Å². The Morgan fingerprint density at radius 1 is 1.10 bits per heavy atom. The standard InChI is InChI=1S/C25H28N4O2/c1-17-23(27-14-13-26-17)16-28-25(31)20-9-7-18(8-10-20)15-21-11-12-22(29-21)24(30)19-5-3-2-4-6-19/h2-10,13-14,21-22,24,29-30H,11-12,15-16H2,1H3,(H,28,31)/t21-,22+,24+/m0/s1. The molecular formula is C25H28N4O2. The van der Waals surface area contributed by atoms with Crippen molar-refractivity contribution in [3.05, 3.63) is 95.1 Å². The number of carbonyl (C=O) groups excluding carboxylic acids is 1. The van der Waals surface area contributed by atoms with E-state index in [1.54, 1.807) is 12.4 Å². The van der Waals surface area contributed by atoms with Gasteiger partial charge >= 0.3 is 0 Å². The monoisotopic (exact) mass is 416 g/mol. The van der Waals surface area contributed by atoms with Crippen LogP contribution in [0.2, 0.25) is 0 Å². The van der Waals surface area contributed by atoms with E-state index in [1.807, 2.05) is 61.5 Å². The summed E-state index contributed by atoms with van der Waals surface area (Å²) in [6.45, 7) is 2.24. The van der Waals surface area contributed by atoms with E-state index in [4.69, 9.17) is 0 Å². The van der Waals surface area contributed by atoms with Crippen molar-refractivity contribution in [2.45, 2.75) is 50.9 Å². The number of carbonyl (C=O) groups is 1. The van der Waals surface area contributed by atoms with Gasteiger partial charge in [0.1, 0.15) is 0 Å². The van der Waals surface area contributed by atoms with Gasteiger partial charge in [0.15, 0.2) is 0 Å². The minimum atomic E-state index is -0.491. The molecule has 1 aliphatic heterocycles. The van der Waals surface area contributed by atoms with Crippen molar-refractivity contribution < 1.29 is 9.90 Å². The Hall–Kier alpha value is -3.09. The van der Waals surface area contributed by atoms with Crippen molar-refractivity contribution in [3.63, 3.8) is 0 Å². The van der Waals surface area contributed by atoms with Crippen molar-refractivity contribution in [2.24, 2.45) is 0 Å². The predicted octanol–water partition coefficient (Wildman–Crippen LogP) is 3.11. The molecule has 0 saturated carbocycles. The second-order valence-electron chi connectivity index (χ2n) is 8.08. The van der Waals surface area contributed by atoms with Crippen LogP contribution < -0.4 is 10.6 Å².